The zero-order valence-corrected chi connectivity index (χ0v) is 14.6. The molecule has 0 aliphatic carbocycles. The number of benzene rings is 1. The third kappa shape index (κ3) is 3.79. The molecule has 6 heteroatoms. The molecule has 2 heterocycles. The normalized spacial score (nSPS) is 12.3. The van der Waals surface area contributed by atoms with Crippen LogP contribution >= 0.6 is 0 Å². The largest absolute Gasteiger partial charge is 0.497 e. The number of amides is 1. The SMILES string of the molecule is COc1ccc(CC(=O)N[C@H](c2nnc3ccccn23)C(C)C)cc1. The van der Waals surface area contributed by atoms with Gasteiger partial charge in [0.2, 0.25) is 5.91 Å². The highest BCUT2D eigenvalue weighted by Crippen LogP contribution is 2.21. The first-order valence-electron chi connectivity index (χ1n) is 8.30. The fourth-order valence-corrected chi connectivity index (χ4v) is 2.75. The molecule has 1 N–H and O–H groups in total. The first-order chi connectivity index (χ1) is 12.1. The van der Waals surface area contributed by atoms with Crippen LogP contribution in [0.4, 0.5) is 0 Å². The lowest BCUT2D eigenvalue weighted by Gasteiger charge is -2.21. The Morgan fingerprint density at radius 1 is 1.16 bits per heavy atom. The van der Waals surface area contributed by atoms with E-state index in [2.05, 4.69) is 29.4 Å². The van der Waals surface area contributed by atoms with Crippen LogP contribution in [0, 0.1) is 5.92 Å². The van der Waals surface area contributed by atoms with Gasteiger partial charge < -0.3 is 10.1 Å². The molecule has 2 aromatic heterocycles. The molecule has 0 spiro atoms. The highest BCUT2D eigenvalue weighted by atomic mass is 16.5. The highest BCUT2D eigenvalue weighted by molar-refractivity contribution is 5.79. The molecule has 25 heavy (non-hydrogen) atoms. The van der Waals surface area contributed by atoms with Gasteiger partial charge in [0.25, 0.3) is 0 Å². The molecule has 6 nitrogen and oxygen atoms in total. The zero-order chi connectivity index (χ0) is 17.8. The Hall–Kier alpha value is -2.89. The van der Waals surface area contributed by atoms with Gasteiger partial charge in [0.1, 0.15) is 5.75 Å². The van der Waals surface area contributed by atoms with Gasteiger partial charge in [-0.25, -0.2) is 0 Å². The van der Waals surface area contributed by atoms with E-state index >= 15 is 0 Å². The number of rotatable bonds is 6. The topological polar surface area (TPSA) is 68.5 Å². The fraction of sp³-hybridized carbons (Fsp3) is 0.316. The van der Waals surface area contributed by atoms with Crippen molar-refractivity contribution >= 4 is 11.6 Å². The number of fused-ring (bicyclic) bond motifs is 1. The van der Waals surface area contributed by atoms with Gasteiger partial charge in [-0.15, -0.1) is 10.2 Å². The van der Waals surface area contributed by atoms with E-state index in [1.54, 1.807) is 7.11 Å². The van der Waals surface area contributed by atoms with Gasteiger partial charge in [0, 0.05) is 6.20 Å². The molecular formula is C19H22N4O2. The van der Waals surface area contributed by atoms with Crippen molar-refractivity contribution in [2.75, 3.05) is 7.11 Å². The Labute approximate surface area is 146 Å². The van der Waals surface area contributed by atoms with Gasteiger partial charge in [-0.05, 0) is 35.7 Å². The van der Waals surface area contributed by atoms with E-state index in [1.165, 1.54) is 0 Å². The van der Waals surface area contributed by atoms with Crippen molar-refractivity contribution in [3.05, 3.63) is 60.0 Å². The Morgan fingerprint density at radius 2 is 1.92 bits per heavy atom. The smallest absolute Gasteiger partial charge is 0.225 e. The summed E-state index contributed by atoms with van der Waals surface area (Å²) in [4.78, 5) is 12.5. The lowest BCUT2D eigenvalue weighted by atomic mass is 10.0. The standard InChI is InChI=1S/C19H22N4O2/c1-13(2)18(19-22-21-16-6-4-5-11-23(16)19)20-17(24)12-14-7-9-15(25-3)10-8-14/h4-11,13,18H,12H2,1-3H3,(H,20,24)/t18-/m0/s1. The molecule has 3 rings (SSSR count). The highest BCUT2D eigenvalue weighted by Gasteiger charge is 2.23. The molecule has 1 amide bonds. The van der Waals surface area contributed by atoms with Crippen molar-refractivity contribution in [2.45, 2.75) is 26.3 Å². The summed E-state index contributed by atoms with van der Waals surface area (Å²) in [5.74, 6) is 1.66. The molecule has 0 saturated carbocycles. The molecule has 1 atom stereocenters. The summed E-state index contributed by atoms with van der Waals surface area (Å²) in [6.45, 7) is 4.12. The summed E-state index contributed by atoms with van der Waals surface area (Å²) in [5.41, 5.74) is 1.71. The summed E-state index contributed by atoms with van der Waals surface area (Å²) in [5, 5.41) is 11.6. The molecule has 0 unspecified atom stereocenters. The molecule has 1 aromatic carbocycles. The van der Waals surface area contributed by atoms with Crippen LogP contribution in [0.2, 0.25) is 0 Å². The van der Waals surface area contributed by atoms with Gasteiger partial charge in [-0.3, -0.25) is 9.20 Å². The van der Waals surface area contributed by atoms with Gasteiger partial charge in [-0.2, -0.15) is 0 Å². The van der Waals surface area contributed by atoms with Crippen LogP contribution in [0.1, 0.15) is 31.3 Å². The minimum absolute atomic E-state index is 0.0449. The number of nitrogens with zero attached hydrogens (tertiary/aromatic N) is 3. The number of pyridine rings is 1. The van der Waals surface area contributed by atoms with Crippen molar-refractivity contribution in [2.24, 2.45) is 5.92 Å². The third-order valence-electron chi connectivity index (χ3n) is 4.13. The molecule has 0 radical (unpaired) electrons. The predicted octanol–water partition coefficient (Wildman–Crippen LogP) is 2.79. The number of carbonyl (C=O) groups excluding carboxylic acids is 1. The van der Waals surface area contributed by atoms with Gasteiger partial charge in [0.15, 0.2) is 11.5 Å². The van der Waals surface area contributed by atoms with Crippen molar-refractivity contribution < 1.29 is 9.53 Å². The summed E-state index contributed by atoms with van der Waals surface area (Å²) in [6.07, 6.45) is 2.22. The van der Waals surface area contributed by atoms with Crippen LogP contribution in [0.15, 0.2) is 48.7 Å². The summed E-state index contributed by atoms with van der Waals surface area (Å²) in [7, 11) is 1.62. The fourth-order valence-electron chi connectivity index (χ4n) is 2.75. The van der Waals surface area contributed by atoms with Crippen LogP contribution in [0.25, 0.3) is 5.65 Å². The minimum atomic E-state index is -0.205. The van der Waals surface area contributed by atoms with Crippen molar-refractivity contribution in [3.8, 4) is 5.75 Å². The first kappa shape index (κ1) is 17.0. The maximum absolute atomic E-state index is 12.5. The maximum atomic E-state index is 12.5. The number of methoxy groups -OCH3 is 1. The van der Waals surface area contributed by atoms with Crippen LogP contribution in [-0.2, 0) is 11.2 Å². The number of carbonyl (C=O) groups is 1. The zero-order valence-electron chi connectivity index (χ0n) is 14.6. The molecule has 0 bridgehead atoms. The third-order valence-corrected chi connectivity index (χ3v) is 4.13. The minimum Gasteiger partial charge on any atom is -0.497 e. The van der Waals surface area contributed by atoms with E-state index in [0.717, 1.165) is 22.8 Å². The molecule has 130 valence electrons. The van der Waals surface area contributed by atoms with Crippen LogP contribution in [-0.4, -0.2) is 27.6 Å². The number of ether oxygens (including phenoxy) is 1. The second kappa shape index (κ2) is 7.34. The lowest BCUT2D eigenvalue weighted by Crippen LogP contribution is -2.34. The van der Waals surface area contributed by atoms with Gasteiger partial charge in [-0.1, -0.05) is 32.0 Å². The van der Waals surface area contributed by atoms with E-state index in [1.807, 2.05) is 53.1 Å². The number of hydrogen-bond acceptors (Lipinski definition) is 4. The Morgan fingerprint density at radius 3 is 2.60 bits per heavy atom. The molecule has 0 fully saturated rings. The maximum Gasteiger partial charge on any atom is 0.225 e. The van der Waals surface area contributed by atoms with Crippen LogP contribution in [0.5, 0.6) is 5.75 Å². The van der Waals surface area contributed by atoms with E-state index in [-0.39, 0.29) is 17.9 Å². The Bertz CT molecular complexity index is 855. The number of hydrogen-bond donors (Lipinski definition) is 1. The summed E-state index contributed by atoms with van der Waals surface area (Å²) < 4.78 is 7.06. The number of nitrogens with one attached hydrogen (secondary N) is 1. The van der Waals surface area contributed by atoms with Crippen molar-refractivity contribution in [1.29, 1.82) is 0 Å². The van der Waals surface area contributed by atoms with Crippen molar-refractivity contribution in [3.63, 3.8) is 0 Å². The van der Waals surface area contributed by atoms with E-state index < -0.39 is 0 Å². The monoisotopic (exact) mass is 338 g/mol. The molecule has 0 aliphatic rings. The average molecular weight is 338 g/mol. The van der Waals surface area contributed by atoms with Crippen molar-refractivity contribution in [1.82, 2.24) is 19.9 Å². The second-order valence-corrected chi connectivity index (χ2v) is 6.30. The van der Waals surface area contributed by atoms with E-state index in [9.17, 15) is 4.79 Å². The molecule has 3 aromatic rings. The Balaban J connectivity index is 1.76. The summed E-state index contributed by atoms with van der Waals surface area (Å²) in [6, 6.07) is 13.0. The lowest BCUT2D eigenvalue weighted by molar-refractivity contribution is -0.121. The van der Waals surface area contributed by atoms with Crippen LogP contribution < -0.4 is 10.1 Å². The quantitative estimate of drug-likeness (QED) is 0.750. The molecular weight excluding hydrogens is 316 g/mol. The average Bonchev–Trinajstić information content (AvgIpc) is 3.04. The van der Waals surface area contributed by atoms with Gasteiger partial charge >= 0.3 is 0 Å². The second-order valence-electron chi connectivity index (χ2n) is 6.30. The number of aromatic nitrogens is 3. The predicted molar refractivity (Wildman–Crippen MR) is 95.4 cm³/mol. The summed E-state index contributed by atoms with van der Waals surface area (Å²) >= 11 is 0. The van der Waals surface area contributed by atoms with E-state index in [4.69, 9.17) is 4.74 Å². The van der Waals surface area contributed by atoms with Gasteiger partial charge in [0.05, 0.1) is 19.6 Å². The Kier molecular flexibility index (Phi) is 4.97. The van der Waals surface area contributed by atoms with Crippen LogP contribution in [0.3, 0.4) is 0 Å². The first-order valence-corrected chi connectivity index (χ1v) is 8.30. The molecule has 0 saturated heterocycles. The van der Waals surface area contributed by atoms with E-state index in [0.29, 0.717) is 6.42 Å². The molecule has 0 aliphatic heterocycles.